The molecule has 1 aromatic rings. The lowest BCUT2D eigenvalue weighted by Crippen LogP contribution is -2.25. The maximum atomic E-state index is 2.47. The predicted octanol–water partition coefficient (Wildman–Crippen LogP) is 8.54. The quantitative estimate of drug-likeness (QED) is 0.376. The van der Waals surface area contributed by atoms with Crippen LogP contribution in [0.1, 0.15) is 102 Å². The summed E-state index contributed by atoms with van der Waals surface area (Å²) in [5, 5.41) is 0. The molecule has 0 N–H and O–H groups in total. The third-order valence-corrected chi connectivity index (χ3v) is 7.70. The monoisotopic (exact) mass is 380 g/mol. The summed E-state index contributed by atoms with van der Waals surface area (Å²) in [4.78, 5) is 0. The van der Waals surface area contributed by atoms with Crippen LogP contribution in [0, 0.1) is 23.7 Å². The maximum absolute atomic E-state index is 2.47. The SMILES string of the molecule is CCCc1ccc(CC=CCC2CCC(C3CCC(CCC)CC3)CC2)cc1. The first-order valence-corrected chi connectivity index (χ1v) is 12.5. The Labute approximate surface area is 175 Å². The lowest BCUT2D eigenvalue weighted by atomic mass is 9.68. The Bertz CT molecular complexity index is 550. The van der Waals surface area contributed by atoms with Crippen molar-refractivity contribution in [2.24, 2.45) is 23.7 Å². The number of benzene rings is 1. The zero-order chi connectivity index (χ0) is 19.6. The molecule has 0 radical (unpaired) electrons. The molecule has 2 saturated carbocycles. The van der Waals surface area contributed by atoms with E-state index in [0.29, 0.717) is 0 Å². The first-order valence-electron chi connectivity index (χ1n) is 12.5. The number of aryl methyl sites for hydroxylation is 1. The Balaban J connectivity index is 1.31. The molecule has 2 aliphatic rings. The topological polar surface area (TPSA) is 0 Å². The Morgan fingerprint density at radius 3 is 1.82 bits per heavy atom. The summed E-state index contributed by atoms with van der Waals surface area (Å²) >= 11 is 0. The molecule has 0 unspecified atom stereocenters. The van der Waals surface area contributed by atoms with Crippen LogP contribution >= 0.6 is 0 Å². The lowest BCUT2D eigenvalue weighted by molar-refractivity contribution is 0.144. The fraction of sp³-hybridized carbons (Fsp3) is 0.714. The largest absolute Gasteiger partial charge is 0.0879 e. The van der Waals surface area contributed by atoms with E-state index in [2.05, 4.69) is 50.3 Å². The molecule has 0 aromatic heterocycles. The molecular formula is C28H44. The molecule has 0 spiro atoms. The van der Waals surface area contributed by atoms with Crippen LogP contribution in [-0.2, 0) is 12.8 Å². The summed E-state index contributed by atoms with van der Waals surface area (Å²) in [6.45, 7) is 4.60. The van der Waals surface area contributed by atoms with Gasteiger partial charge in [0, 0.05) is 0 Å². The molecule has 0 saturated heterocycles. The van der Waals surface area contributed by atoms with Crippen LogP contribution in [-0.4, -0.2) is 0 Å². The zero-order valence-electron chi connectivity index (χ0n) is 18.7. The van der Waals surface area contributed by atoms with Crippen molar-refractivity contribution in [3.63, 3.8) is 0 Å². The minimum absolute atomic E-state index is 0.955. The Kier molecular flexibility index (Phi) is 9.16. The molecule has 1 aromatic carbocycles. The number of hydrogen-bond acceptors (Lipinski definition) is 0. The van der Waals surface area contributed by atoms with Crippen LogP contribution in [0.15, 0.2) is 36.4 Å². The highest BCUT2D eigenvalue weighted by Gasteiger charge is 2.30. The van der Waals surface area contributed by atoms with Crippen LogP contribution in [0.2, 0.25) is 0 Å². The van der Waals surface area contributed by atoms with Crippen molar-refractivity contribution in [3.8, 4) is 0 Å². The normalized spacial score (nSPS) is 28.6. The lowest BCUT2D eigenvalue weighted by Gasteiger charge is -2.37. The molecule has 3 rings (SSSR count). The second kappa shape index (κ2) is 11.8. The smallest absolute Gasteiger partial charge is 0.00975 e. The minimum atomic E-state index is 0.955. The molecule has 0 heterocycles. The van der Waals surface area contributed by atoms with Gasteiger partial charge in [-0.05, 0) is 92.6 Å². The molecule has 2 fully saturated rings. The summed E-state index contributed by atoms with van der Waals surface area (Å²) < 4.78 is 0. The van der Waals surface area contributed by atoms with E-state index in [1.54, 1.807) is 0 Å². The van der Waals surface area contributed by atoms with Gasteiger partial charge >= 0.3 is 0 Å². The molecule has 156 valence electrons. The standard InChI is InChI=1S/C28H44/c1-3-7-23-11-13-25(14-12-23)9-5-6-10-26-17-21-28(22-18-26)27-19-15-24(8-4-2)16-20-27/h5-6,11-14,24,26-28H,3-4,7-10,15-22H2,1-2H3. The minimum Gasteiger partial charge on any atom is -0.0879 e. The van der Waals surface area contributed by atoms with E-state index in [4.69, 9.17) is 0 Å². The Morgan fingerprint density at radius 2 is 1.25 bits per heavy atom. The first kappa shape index (κ1) is 21.7. The van der Waals surface area contributed by atoms with E-state index >= 15 is 0 Å². The van der Waals surface area contributed by atoms with Crippen LogP contribution in [0.5, 0.6) is 0 Å². The van der Waals surface area contributed by atoms with E-state index in [1.807, 2.05) is 0 Å². The first-order chi connectivity index (χ1) is 13.8. The van der Waals surface area contributed by atoms with E-state index in [-0.39, 0.29) is 0 Å². The third-order valence-electron chi connectivity index (χ3n) is 7.70. The maximum Gasteiger partial charge on any atom is -0.00975 e. The summed E-state index contributed by atoms with van der Waals surface area (Å²) in [5.41, 5.74) is 2.93. The van der Waals surface area contributed by atoms with Crippen molar-refractivity contribution in [2.45, 2.75) is 104 Å². The summed E-state index contributed by atoms with van der Waals surface area (Å²) in [5.74, 6) is 4.14. The van der Waals surface area contributed by atoms with E-state index < -0.39 is 0 Å². The van der Waals surface area contributed by atoms with Gasteiger partial charge in [-0.25, -0.2) is 0 Å². The highest BCUT2D eigenvalue weighted by atomic mass is 14.4. The van der Waals surface area contributed by atoms with Crippen LogP contribution in [0.25, 0.3) is 0 Å². The van der Waals surface area contributed by atoms with E-state index in [9.17, 15) is 0 Å². The van der Waals surface area contributed by atoms with Gasteiger partial charge in [-0.1, -0.05) is 82.4 Å². The molecule has 0 bridgehead atoms. The number of rotatable bonds is 9. The van der Waals surface area contributed by atoms with Crippen molar-refractivity contribution in [3.05, 3.63) is 47.5 Å². The van der Waals surface area contributed by atoms with Gasteiger partial charge in [0.1, 0.15) is 0 Å². The number of hydrogen-bond donors (Lipinski definition) is 0. The Morgan fingerprint density at radius 1 is 0.679 bits per heavy atom. The van der Waals surface area contributed by atoms with Gasteiger partial charge in [0.2, 0.25) is 0 Å². The second-order valence-corrected chi connectivity index (χ2v) is 9.83. The predicted molar refractivity (Wildman–Crippen MR) is 124 cm³/mol. The second-order valence-electron chi connectivity index (χ2n) is 9.83. The van der Waals surface area contributed by atoms with Gasteiger partial charge < -0.3 is 0 Å². The van der Waals surface area contributed by atoms with E-state index in [1.165, 1.54) is 94.6 Å². The highest BCUT2D eigenvalue weighted by Crippen LogP contribution is 2.42. The van der Waals surface area contributed by atoms with Crippen molar-refractivity contribution >= 4 is 0 Å². The fourth-order valence-electron chi connectivity index (χ4n) is 5.89. The summed E-state index contributed by atoms with van der Waals surface area (Å²) in [6, 6.07) is 9.25. The van der Waals surface area contributed by atoms with Gasteiger partial charge in [0.25, 0.3) is 0 Å². The van der Waals surface area contributed by atoms with Gasteiger partial charge in [-0.3, -0.25) is 0 Å². The van der Waals surface area contributed by atoms with Gasteiger partial charge in [-0.15, -0.1) is 0 Å². The molecule has 2 aliphatic carbocycles. The van der Waals surface area contributed by atoms with Crippen molar-refractivity contribution in [2.75, 3.05) is 0 Å². The molecule has 0 aliphatic heterocycles. The van der Waals surface area contributed by atoms with Crippen LogP contribution in [0.4, 0.5) is 0 Å². The van der Waals surface area contributed by atoms with E-state index in [0.717, 1.165) is 30.1 Å². The average Bonchev–Trinajstić information content (AvgIpc) is 2.74. The third kappa shape index (κ3) is 6.78. The average molecular weight is 381 g/mol. The van der Waals surface area contributed by atoms with Crippen LogP contribution in [0.3, 0.4) is 0 Å². The van der Waals surface area contributed by atoms with Gasteiger partial charge in [0.05, 0.1) is 0 Å². The number of allylic oxidation sites excluding steroid dienone is 2. The molecular weight excluding hydrogens is 336 g/mol. The molecule has 0 amide bonds. The summed E-state index contributed by atoms with van der Waals surface area (Å²) in [7, 11) is 0. The molecule has 0 atom stereocenters. The molecule has 28 heavy (non-hydrogen) atoms. The van der Waals surface area contributed by atoms with Crippen LogP contribution < -0.4 is 0 Å². The summed E-state index contributed by atoms with van der Waals surface area (Å²) in [6.07, 6.45) is 24.7. The van der Waals surface area contributed by atoms with Gasteiger partial charge in [0.15, 0.2) is 0 Å². The van der Waals surface area contributed by atoms with Gasteiger partial charge in [-0.2, -0.15) is 0 Å². The molecule has 0 heteroatoms. The van der Waals surface area contributed by atoms with Crippen molar-refractivity contribution in [1.82, 2.24) is 0 Å². The molecule has 0 nitrogen and oxygen atoms in total. The fourth-order valence-corrected chi connectivity index (χ4v) is 5.89. The highest BCUT2D eigenvalue weighted by molar-refractivity contribution is 5.24. The van der Waals surface area contributed by atoms with Crippen molar-refractivity contribution < 1.29 is 0 Å². The Hall–Kier alpha value is -1.04. The van der Waals surface area contributed by atoms with Crippen molar-refractivity contribution in [1.29, 1.82) is 0 Å². The zero-order valence-corrected chi connectivity index (χ0v) is 18.7.